The SMILES string of the molecule is Nc1ccc2c3c(c4ccccc4c(C=O)c13)NS2. The summed E-state index contributed by atoms with van der Waals surface area (Å²) in [6, 6.07) is 11.8. The summed E-state index contributed by atoms with van der Waals surface area (Å²) in [6.07, 6.45) is 0.907. The Morgan fingerprint density at radius 3 is 2.63 bits per heavy atom. The van der Waals surface area contributed by atoms with Crippen molar-refractivity contribution in [2.24, 2.45) is 0 Å². The molecule has 3 N–H and O–H groups in total. The van der Waals surface area contributed by atoms with Gasteiger partial charge in [-0.05, 0) is 29.5 Å². The maximum absolute atomic E-state index is 11.5. The molecule has 0 fully saturated rings. The molecule has 0 radical (unpaired) electrons. The number of nitrogen functional groups attached to an aromatic ring is 1. The van der Waals surface area contributed by atoms with E-state index in [2.05, 4.69) is 4.72 Å². The van der Waals surface area contributed by atoms with Crippen LogP contribution in [0.5, 0.6) is 0 Å². The summed E-state index contributed by atoms with van der Waals surface area (Å²) in [6.45, 7) is 0. The molecule has 1 heterocycles. The van der Waals surface area contributed by atoms with Crippen LogP contribution in [0.25, 0.3) is 21.5 Å². The van der Waals surface area contributed by atoms with E-state index >= 15 is 0 Å². The van der Waals surface area contributed by atoms with E-state index < -0.39 is 0 Å². The fourth-order valence-corrected chi connectivity index (χ4v) is 3.63. The Morgan fingerprint density at radius 1 is 1.05 bits per heavy atom. The van der Waals surface area contributed by atoms with Crippen LogP contribution in [-0.4, -0.2) is 6.29 Å². The van der Waals surface area contributed by atoms with Crippen LogP contribution >= 0.6 is 11.9 Å². The first kappa shape index (κ1) is 10.7. The van der Waals surface area contributed by atoms with Crippen LogP contribution < -0.4 is 10.5 Å². The minimum Gasteiger partial charge on any atom is -0.398 e. The molecule has 0 saturated carbocycles. The van der Waals surface area contributed by atoms with Gasteiger partial charge in [0.25, 0.3) is 0 Å². The van der Waals surface area contributed by atoms with Crippen LogP contribution in [0, 0.1) is 0 Å². The second-order valence-electron chi connectivity index (χ2n) is 4.56. The summed E-state index contributed by atoms with van der Waals surface area (Å²) >= 11 is 1.57. The molecule has 1 aliphatic heterocycles. The van der Waals surface area contributed by atoms with E-state index in [1.54, 1.807) is 11.9 Å². The number of hydrogen-bond donors (Lipinski definition) is 2. The number of carbonyl (C=O) groups is 1. The first-order valence-electron chi connectivity index (χ1n) is 5.96. The van der Waals surface area contributed by atoms with E-state index in [0.29, 0.717) is 11.3 Å². The van der Waals surface area contributed by atoms with Crippen molar-refractivity contribution in [1.29, 1.82) is 0 Å². The number of aldehydes is 1. The lowest BCUT2D eigenvalue weighted by Gasteiger charge is -2.11. The second kappa shape index (κ2) is 3.65. The number of anilines is 2. The lowest BCUT2D eigenvalue weighted by atomic mass is 9.94. The van der Waals surface area contributed by atoms with Crippen LogP contribution in [0.2, 0.25) is 0 Å². The first-order chi connectivity index (χ1) is 9.31. The average Bonchev–Trinajstić information content (AvgIpc) is 2.87. The normalized spacial score (nSPS) is 12.8. The molecular weight excluding hydrogens is 256 g/mol. The van der Waals surface area contributed by atoms with Gasteiger partial charge in [-0.25, -0.2) is 0 Å². The van der Waals surface area contributed by atoms with Crippen molar-refractivity contribution in [3.8, 4) is 0 Å². The van der Waals surface area contributed by atoms with E-state index in [-0.39, 0.29) is 0 Å². The highest BCUT2D eigenvalue weighted by atomic mass is 32.2. The molecule has 0 aliphatic carbocycles. The molecule has 0 saturated heterocycles. The third-order valence-corrected chi connectivity index (χ3v) is 4.45. The van der Waals surface area contributed by atoms with Gasteiger partial charge in [0.1, 0.15) is 0 Å². The highest BCUT2D eigenvalue weighted by Crippen LogP contribution is 2.48. The van der Waals surface area contributed by atoms with Crippen molar-refractivity contribution >= 4 is 51.2 Å². The number of hydrogen-bond acceptors (Lipinski definition) is 4. The first-order valence-corrected chi connectivity index (χ1v) is 6.78. The van der Waals surface area contributed by atoms with Crippen LogP contribution in [0.15, 0.2) is 41.3 Å². The molecule has 0 amide bonds. The molecule has 0 atom stereocenters. The van der Waals surface area contributed by atoms with Gasteiger partial charge in [0, 0.05) is 32.3 Å². The maximum Gasteiger partial charge on any atom is 0.151 e. The molecule has 92 valence electrons. The number of fused-ring (bicyclic) bond motifs is 2. The Kier molecular flexibility index (Phi) is 2.05. The van der Waals surface area contributed by atoms with Gasteiger partial charge in [0.15, 0.2) is 6.29 Å². The van der Waals surface area contributed by atoms with Gasteiger partial charge in [-0.1, -0.05) is 24.3 Å². The maximum atomic E-state index is 11.5. The number of benzene rings is 3. The largest absolute Gasteiger partial charge is 0.398 e. The van der Waals surface area contributed by atoms with Crippen LogP contribution in [-0.2, 0) is 0 Å². The third kappa shape index (κ3) is 1.26. The quantitative estimate of drug-likeness (QED) is 0.304. The summed E-state index contributed by atoms with van der Waals surface area (Å²) in [5.41, 5.74) is 8.48. The summed E-state index contributed by atoms with van der Waals surface area (Å²) in [7, 11) is 0. The predicted molar refractivity (Wildman–Crippen MR) is 80.7 cm³/mol. The molecule has 3 aromatic rings. The smallest absolute Gasteiger partial charge is 0.151 e. The number of nitrogens with two attached hydrogens (primary N) is 1. The van der Waals surface area contributed by atoms with Crippen molar-refractivity contribution in [3.63, 3.8) is 0 Å². The Hall–Kier alpha value is -2.20. The molecule has 4 rings (SSSR count). The molecule has 1 aliphatic rings. The topological polar surface area (TPSA) is 55.1 Å². The minimum atomic E-state index is 0.650. The summed E-state index contributed by atoms with van der Waals surface area (Å²) in [5.74, 6) is 0. The van der Waals surface area contributed by atoms with Gasteiger partial charge in [0.2, 0.25) is 0 Å². The number of nitrogens with one attached hydrogen (secondary N) is 1. The van der Waals surface area contributed by atoms with Gasteiger partial charge in [-0.3, -0.25) is 4.79 Å². The molecule has 0 bridgehead atoms. The minimum absolute atomic E-state index is 0.650. The lowest BCUT2D eigenvalue weighted by Crippen LogP contribution is -1.94. The number of rotatable bonds is 1. The molecule has 3 aromatic carbocycles. The summed E-state index contributed by atoms with van der Waals surface area (Å²) in [5, 5.41) is 3.93. The van der Waals surface area contributed by atoms with Crippen molar-refractivity contribution in [3.05, 3.63) is 42.0 Å². The van der Waals surface area contributed by atoms with E-state index in [4.69, 9.17) is 5.73 Å². The summed E-state index contributed by atoms with van der Waals surface area (Å²) < 4.78 is 3.34. The van der Waals surface area contributed by atoms with E-state index in [9.17, 15) is 4.79 Å². The monoisotopic (exact) mass is 266 g/mol. The van der Waals surface area contributed by atoms with E-state index in [1.807, 2.05) is 36.4 Å². The van der Waals surface area contributed by atoms with Crippen LogP contribution in [0.3, 0.4) is 0 Å². The highest BCUT2D eigenvalue weighted by Gasteiger charge is 2.22. The Morgan fingerprint density at radius 2 is 1.84 bits per heavy atom. The third-order valence-electron chi connectivity index (χ3n) is 3.59. The fraction of sp³-hybridized carbons (Fsp3) is 0. The summed E-state index contributed by atoms with van der Waals surface area (Å²) in [4.78, 5) is 12.7. The van der Waals surface area contributed by atoms with Crippen molar-refractivity contribution < 1.29 is 4.79 Å². The van der Waals surface area contributed by atoms with Gasteiger partial charge < -0.3 is 10.5 Å². The zero-order valence-electron chi connectivity index (χ0n) is 9.94. The standard InChI is InChI=1S/C15H10N2OS/c16-11-5-6-12-14-13(11)10(7-18)8-3-1-2-4-9(8)15(14)17-19-12/h1-7,17H,16H2. The Balaban J connectivity index is 2.40. The lowest BCUT2D eigenvalue weighted by molar-refractivity contribution is 0.112. The van der Waals surface area contributed by atoms with Crippen molar-refractivity contribution in [2.75, 3.05) is 10.5 Å². The second-order valence-corrected chi connectivity index (χ2v) is 5.41. The van der Waals surface area contributed by atoms with Gasteiger partial charge >= 0.3 is 0 Å². The molecule has 3 nitrogen and oxygen atoms in total. The Bertz CT molecular complexity index is 858. The molecule has 0 aromatic heterocycles. The van der Waals surface area contributed by atoms with Crippen LogP contribution in [0.4, 0.5) is 11.4 Å². The molecule has 0 spiro atoms. The van der Waals surface area contributed by atoms with E-state index in [1.165, 1.54) is 0 Å². The average molecular weight is 266 g/mol. The zero-order valence-corrected chi connectivity index (χ0v) is 10.8. The van der Waals surface area contributed by atoms with Gasteiger partial charge in [-0.15, -0.1) is 0 Å². The van der Waals surface area contributed by atoms with Crippen molar-refractivity contribution in [2.45, 2.75) is 4.90 Å². The molecule has 4 heteroatoms. The molecule has 19 heavy (non-hydrogen) atoms. The molecular formula is C15H10N2OS. The van der Waals surface area contributed by atoms with Crippen LogP contribution in [0.1, 0.15) is 10.4 Å². The fourth-order valence-electron chi connectivity index (χ4n) is 2.76. The van der Waals surface area contributed by atoms with Gasteiger partial charge in [0.05, 0.1) is 5.69 Å². The van der Waals surface area contributed by atoms with Gasteiger partial charge in [-0.2, -0.15) is 0 Å². The Labute approximate surface area is 113 Å². The number of carbonyl (C=O) groups excluding carboxylic acids is 1. The highest BCUT2D eigenvalue weighted by molar-refractivity contribution is 8.01. The van der Waals surface area contributed by atoms with E-state index in [0.717, 1.165) is 38.4 Å². The van der Waals surface area contributed by atoms with Crippen molar-refractivity contribution in [1.82, 2.24) is 0 Å². The predicted octanol–water partition coefficient (Wildman–Crippen LogP) is 3.82. The zero-order chi connectivity index (χ0) is 13.0. The molecule has 0 unspecified atom stereocenters.